The zero-order valence-electron chi connectivity index (χ0n) is 58.3. The molecule has 0 radical (unpaired) electrons. The van der Waals surface area contributed by atoms with Crippen molar-refractivity contribution >= 4 is 141 Å². The Morgan fingerprint density at radius 2 is 0.685 bits per heavy atom. The Bertz CT molecular complexity index is 7660. The number of hydrogen-bond donors (Lipinski definition) is 0. The van der Waals surface area contributed by atoms with Gasteiger partial charge in [0, 0.05) is 113 Å². The predicted molar refractivity (Wildman–Crippen MR) is 454 cm³/mol. The lowest BCUT2D eigenvalue weighted by Gasteiger charge is -2.17. The van der Waals surface area contributed by atoms with E-state index in [0.29, 0.717) is 0 Å². The first kappa shape index (κ1) is 60.3. The van der Waals surface area contributed by atoms with E-state index in [2.05, 4.69) is 388 Å². The second-order valence-corrected chi connectivity index (χ2v) is 29.5. The van der Waals surface area contributed by atoms with Crippen molar-refractivity contribution in [3.05, 3.63) is 370 Å². The van der Waals surface area contributed by atoms with Crippen LogP contribution < -0.4 is 0 Å². The summed E-state index contributed by atoms with van der Waals surface area (Å²) in [4.78, 5) is 5.46. The van der Waals surface area contributed by atoms with Crippen molar-refractivity contribution in [1.29, 1.82) is 0 Å². The van der Waals surface area contributed by atoms with Crippen molar-refractivity contribution in [3.63, 3.8) is 0 Å². The first-order valence-corrected chi connectivity index (χ1v) is 37.7. The number of pyridine rings is 1. The van der Waals surface area contributed by atoms with Crippen molar-refractivity contribution in [1.82, 2.24) is 23.3 Å². The predicted octanol–water partition coefficient (Wildman–Crippen LogP) is 27.7. The first-order chi connectivity index (χ1) is 53.6. The molecule has 16 aromatic carbocycles. The topological polar surface area (TPSA) is 45.8 Å². The Morgan fingerprint density at radius 3 is 1.34 bits per heavy atom. The number of hydrogen-bond acceptors (Lipinski definition) is 3. The quantitative estimate of drug-likeness (QED) is 0.137. The summed E-state index contributed by atoms with van der Waals surface area (Å²) in [5, 5.41) is 14.2. The van der Waals surface area contributed by atoms with Gasteiger partial charge in [0.1, 0.15) is 17.0 Å². The lowest BCUT2D eigenvalue weighted by Crippen LogP contribution is -2.00. The number of nitrogens with zero attached hydrogens (tertiary/aromatic N) is 5. The van der Waals surface area contributed by atoms with E-state index < -0.39 is 0 Å². The molecule has 7 heteroatoms. The molecule has 7 heterocycles. The summed E-state index contributed by atoms with van der Waals surface area (Å²) >= 11 is 1.86. The molecule has 23 rings (SSSR count). The van der Waals surface area contributed by atoms with Crippen LogP contribution in [0.15, 0.2) is 374 Å². The first-order valence-electron chi connectivity index (χ1n) is 36.9. The molecule has 0 aliphatic rings. The van der Waals surface area contributed by atoms with Gasteiger partial charge in [0.15, 0.2) is 0 Å². The van der Waals surface area contributed by atoms with Crippen molar-refractivity contribution < 1.29 is 4.42 Å². The summed E-state index contributed by atoms with van der Waals surface area (Å²) in [5.74, 6) is 0.850. The number of furan rings is 1. The second kappa shape index (κ2) is 23.7. The van der Waals surface area contributed by atoms with E-state index in [9.17, 15) is 0 Å². The lowest BCUT2D eigenvalue weighted by atomic mass is 9.90. The Hall–Kier alpha value is -14.1. The van der Waals surface area contributed by atoms with E-state index in [0.717, 1.165) is 139 Å². The maximum Gasteiger partial charge on any atom is 0.143 e. The third-order valence-electron chi connectivity index (χ3n) is 22.6. The SMILES string of the molecule is c1ccc(-c2cccc(-n3c4ccccc4c4cccc(-c5cc6c(cc5-c5cccc7c5oc5cc(-c8ccc(-n9c%10ccccc%10c%10cc(-c%11ccccc%11)c(-c%11cccc%12c%13ccccc%13n(-c%13ccc%14sc%15ccccc%15c%14c%13)c%11%12)cc%109)cc8)ccc57)c5ccccc5n6-c5ccccc5)c43)n2)cc1. The number of aromatic nitrogens is 5. The van der Waals surface area contributed by atoms with Crippen LogP contribution in [0.3, 0.4) is 0 Å². The van der Waals surface area contributed by atoms with Crippen molar-refractivity contribution in [2.75, 3.05) is 0 Å². The largest absolute Gasteiger partial charge is 0.455 e. The second-order valence-electron chi connectivity index (χ2n) is 28.4. The average molecular weight is 1390 g/mol. The monoisotopic (exact) mass is 1390 g/mol. The van der Waals surface area contributed by atoms with Crippen LogP contribution in [-0.2, 0) is 0 Å². The molecule has 0 amide bonds. The minimum atomic E-state index is 0.827. The summed E-state index contributed by atoms with van der Waals surface area (Å²) in [6.07, 6.45) is 0. The Morgan fingerprint density at radius 1 is 0.222 bits per heavy atom. The average Bonchev–Trinajstić information content (AvgIpc) is 1.55. The van der Waals surface area contributed by atoms with Gasteiger partial charge in [-0.15, -0.1) is 11.3 Å². The molecule has 108 heavy (non-hydrogen) atoms. The van der Waals surface area contributed by atoms with Crippen LogP contribution in [0, 0.1) is 0 Å². The molecule has 6 nitrogen and oxygen atoms in total. The minimum absolute atomic E-state index is 0.827. The molecule has 502 valence electrons. The van der Waals surface area contributed by atoms with Crippen LogP contribution in [0.2, 0.25) is 0 Å². The third-order valence-corrected chi connectivity index (χ3v) is 23.7. The van der Waals surface area contributed by atoms with Gasteiger partial charge < -0.3 is 18.1 Å². The smallest absolute Gasteiger partial charge is 0.143 e. The molecule has 0 saturated carbocycles. The number of benzene rings is 16. The molecule has 0 bridgehead atoms. The van der Waals surface area contributed by atoms with Crippen LogP contribution >= 0.6 is 11.3 Å². The van der Waals surface area contributed by atoms with E-state index in [1.165, 1.54) is 80.4 Å². The molecule has 0 atom stereocenters. The highest BCUT2D eigenvalue weighted by atomic mass is 32.1. The maximum atomic E-state index is 7.40. The van der Waals surface area contributed by atoms with Gasteiger partial charge in [-0.2, -0.15) is 0 Å². The Labute approximate surface area is 624 Å². The number of para-hydroxylation sites is 8. The van der Waals surface area contributed by atoms with Crippen LogP contribution in [0.5, 0.6) is 0 Å². The molecule has 7 aromatic heterocycles. The van der Waals surface area contributed by atoms with Crippen LogP contribution in [0.25, 0.3) is 219 Å². The van der Waals surface area contributed by atoms with Gasteiger partial charge in [0.25, 0.3) is 0 Å². The molecular formula is C101H61N5OS. The number of thiophene rings is 1. The zero-order valence-corrected chi connectivity index (χ0v) is 59.1. The van der Waals surface area contributed by atoms with Gasteiger partial charge in [0.2, 0.25) is 0 Å². The highest BCUT2D eigenvalue weighted by Crippen LogP contribution is 2.50. The summed E-state index contributed by atoms with van der Waals surface area (Å²) in [7, 11) is 0. The standard InChI is InChI=1S/C101H61N5OS/c1-4-24-63(25-5-1)81-58-85-71-32-12-16-43-90(71)104(93(85)60-83(81)77-37-20-35-75-69-30-10-17-44-91(69)105(99(75)77)68-53-55-97-87(57-68)74-34-14-19-46-96(74)108-97)67-51-48-62(49-52-67)65-50-54-73-79-39-22-40-80(101(79)107-95(73)56-65)82-59-86-72-33-13-15-42-89(72)103(66-28-8-3-9-29-66)94(86)61-84(82)78-38-21-36-76-70-31-11-18-45-92(70)106(100(76)78)98-47-23-41-88(102-98)64-26-6-2-7-27-64/h1-61H. The van der Waals surface area contributed by atoms with Crippen molar-refractivity contribution in [3.8, 4) is 89.8 Å². The van der Waals surface area contributed by atoms with Crippen LogP contribution in [-0.4, -0.2) is 23.3 Å². The van der Waals surface area contributed by atoms with Gasteiger partial charge in [-0.05, 0) is 160 Å². The molecule has 0 spiro atoms. The number of rotatable bonds is 10. The molecule has 0 N–H and O–H groups in total. The molecule has 0 aliphatic heterocycles. The zero-order chi connectivity index (χ0) is 70.7. The molecule has 23 aromatic rings. The fraction of sp³-hybridized carbons (Fsp3) is 0. The van der Waals surface area contributed by atoms with E-state index in [-0.39, 0.29) is 0 Å². The number of fused-ring (bicyclic) bond motifs is 18. The highest BCUT2D eigenvalue weighted by molar-refractivity contribution is 7.25. The van der Waals surface area contributed by atoms with Gasteiger partial charge in [0.05, 0.1) is 49.8 Å². The van der Waals surface area contributed by atoms with Crippen molar-refractivity contribution in [2.24, 2.45) is 0 Å². The normalized spacial score (nSPS) is 12.1. The summed E-state index contributed by atoms with van der Waals surface area (Å²) in [6.45, 7) is 0. The third kappa shape index (κ3) is 9.10. The molecule has 0 unspecified atom stereocenters. The molecule has 0 saturated heterocycles. The molecule has 0 aliphatic carbocycles. The summed E-state index contributed by atoms with van der Waals surface area (Å²) in [6, 6.07) is 136. The Kier molecular flexibility index (Phi) is 13.2. The van der Waals surface area contributed by atoms with Gasteiger partial charge in [-0.1, -0.05) is 249 Å². The van der Waals surface area contributed by atoms with Gasteiger partial charge in [-0.3, -0.25) is 4.57 Å². The van der Waals surface area contributed by atoms with E-state index >= 15 is 0 Å². The highest BCUT2D eigenvalue weighted by Gasteiger charge is 2.27. The molecule has 0 fully saturated rings. The Balaban J connectivity index is 0.685. The van der Waals surface area contributed by atoms with Gasteiger partial charge in [-0.25, -0.2) is 4.98 Å². The van der Waals surface area contributed by atoms with Gasteiger partial charge >= 0.3 is 0 Å². The fourth-order valence-electron chi connectivity index (χ4n) is 17.8. The maximum absolute atomic E-state index is 7.40. The van der Waals surface area contributed by atoms with Crippen molar-refractivity contribution in [2.45, 2.75) is 0 Å². The van der Waals surface area contributed by atoms with E-state index in [1.54, 1.807) is 0 Å². The fourth-order valence-corrected chi connectivity index (χ4v) is 18.9. The summed E-state index contributed by atoms with van der Waals surface area (Å²) < 4.78 is 19.8. The summed E-state index contributed by atoms with van der Waals surface area (Å²) in [5.41, 5.74) is 27.2. The van der Waals surface area contributed by atoms with Crippen LogP contribution in [0.4, 0.5) is 0 Å². The minimum Gasteiger partial charge on any atom is -0.455 e. The lowest BCUT2D eigenvalue weighted by molar-refractivity contribution is 0.670. The van der Waals surface area contributed by atoms with E-state index in [1.807, 2.05) is 11.3 Å². The van der Waals surface area contributed by atoms with E-state index in [4.69, 9.17) is 9.40 Å². The van der Waals surface area contributed by atoms with Crippen LogP contribution in [0.1, 0.15) is 0 Å². The molecular weight excluding hydrogens is 1330 g/mol.